The van der Waals surface area contributed by atoms with Gasteiger partial charge in [0.25, 0.3) is 0 Å². The fourth-order valence-corrected chi connectivity index (χ4v) is 2.39. The number of rotatable bonds is 1. The quantitative estimate of drug-likeness (QED) is 0.627. The SMILES string of the molecule is O=Cc1[nH]cc2c1NC(=O)C1(CCOCC1)N2. The maximum atomic E-state index is 12.1. The van der Waals surface area contributed by atoms with Crippen molar-refractivity contribution >= 4 is 23.6 Å². The Bertz CT molecular complexity index is 474. The van der Waals surface area contributed by atoms with Crippen molar-refractivity contribution in [1.29, 1.82) is 0 Å². The van der Waals surface area contributed by atoms with E-state index in [0.717, 1.165) is 5.69 Å². The van der Waals surface area contributed by atoms with Crippen molar-refractivity contribution in [1.82, 2.24) is 4.98 Å². The smallest absolute Gasteiger partial charge is 0.250 e. The number of carbonyl (C=O) groups is 2. The van der Waals surface area contributed by atoms with Gasteiger partial charge in [0, 0.05) is 32.3 Å². The standard InChI is InChI=1S/C11H13N3O3/c15-6-8-9-7(5-12-8)14-11(10(16)13-9)1-3-17-4-2-11/h5-6,12,14H,1-4H2,(H,13,16). The summed E-state index contributed by atoms with van der Waals surface area (Å²) in [4.78, 5) is 25.8. The zero-order valence-electron chi connectivity index (χ0n) is 9.21. The van der Waals surface area contributed by atoms with E-state index >= 15 is 0 Å². The Morgan fingerprint density at radius 1 is 1.35 bits per heavy atom. The van der Waals surface area contributed by atoms with Crippen LogP contribution in [-0.4, -0.2) is 35.9 Å². The van der Waals surface area contributed by atoms with E-state index in [4.69, 9.17) is 4.74 Å². The molecule has 0 aliphatic carbocycles. The fourth-order valence-electron chi connectivity index (χ4n) is 2.39. The normalized spacial score (nSPS) is 21.5. The first-order chi connectivity index (χ1) is 8.25. The number of ether oxygens (including phenoxy) is 1. The Labute approximate surface area is 97.7 Å². The van der Waals surface area contributed by atoms with Crippen LogP contribution in [0.4, 0.5) is 11.4 Å². The van der Waals surface area contributed by atoms with Gasteiger partial charge in [-0.1, -0.05) is 0 Å². The number of hydrogen-bond donors (Lipinski definition) is 3. The van der Waals surface area contributed by atoms with Gasteiger partial charge in [-0.15, -0.1) is 0 Å². The second kappa shape index (κ2) is 3.59. The number of aldehydes is 1. The van der Waals surface area contributed by atoms with Crippen molar-refractivity contribution in [3.63, 3.8) is 0 Å². The Kier molecular flexibility index (Phi) is 2.19. The molecule has 0 aromatic carbocycles. The van der Waals surface area contributed by atoms with Crippen LogP contribution in [0.15, 0.2) is 6.20 Å². The summed E-state index contributed by atoms with van der Waals surface area (Å²) in [6, 6.07) is 0. The summed E-state index contributed by atoms with van der Waals surface area (Å²) in [6.45, 7) is 1.14. The summed E-state index contributed by atoms with van der Waals surface area (Å²) in [5.41, 5.74) is 1.12. The Hall–Kier alpha value is -1.82. The largest absolute Gasteiger partial charge is 0.381 e. The number of H-pyrrole nitrogens is 1. The molecule has 1 spiro atoms. The van der Waals surface area contributed by atoms with Crippen LogP contribution < -0.4 is 10.6 Å². The van der Waals surface area contributed by atoms with Crippen molar-refractivity contribution in [2.75, 3.05) is 23.8 Å². The van der Waals surface area contributed by atoms with Crippen LogP contribution in [0.5, 0.6) is 0 Å². The van der Waals surface area contributed by atoms with Gasteiger partial charge in [-0.3, -0.25) is 9.59 Å². The van der Waals surface area contributed by atoms with E-state index in [2.05, 4.69) is 15.6 Å². The van der Waals surface area contributed by atoms with E-state index < -0.39 is 5.54 Å². The fraction of sp³-hybridized carbons (Fsp3) is 0.455. The predicted octanol–water partition coefficient (Wildman–Crippen LogP) is 0.740. The van der Waals surface area contributed by atoms with Gasteiger partial charge < -0.3 is 20.4 Å². The third kappa shape index (κ3) is 1.44. The first-order valence-electron chi connectivity index (χ1n) is 5.59. The Morgan fingerprint density at radius 2 is 2.12 bits per heavy atom. The van der Waals surface area contributed by atoms with E-state index in [1.165, 1.54) is 0 Å². The number of hydrogen-bond acceptors (Lipinski definition) is 4. The molecule has 0 atom stereocenters. The lowest BCUT2D eigenvalue weighted by Gasteiger charge is -2.40. The molecule has 1 saturated heterocycles. The Morgan fingerprint density at radius 3 is 2.82 bits per heavy atom. The number of carbonyl (C=O) groups excluding carboxylic acids is 2. The van der Waals surface area contributed by atoms with Gasteiger partial charge in [-0.25, -0.2) is 0 Å². The van der Waals surface area contributed by atoms with E-state index in [1.54, 1.807) is 6.20 Å². The molecular formula is C11H13N3O3. The number of anilines is 2. The maximum Gasteiger partial charge on any atom is 0.250 e. The number of fused-ring (bicyclic) bond motifs is 1. The minimum atomic E-state index is -0.590. The molecule has 90 valence electrons. The van der Waals surface area contributed by atoms with E-state index in [-0.39, 0.29) is 5.91 Å². The highest BCUT2D eigenvalue weighted by atomic mass is 16.5. The lowest BCUT2D eigenvalue weighted by molar-refractivity contribution is -0.123. The first kappa shape index (κ1) is 10.3. The topological polar surface area (TPSA) is 83.2 Å². The van der Waals surface area contributed by atoms with Crippen molar-refractivity contribution in [2.24, 2.45) is 0 Å². The highest BCUT2D eigenvalue weighted by molar-refractivity contribution is 6.09. The number of amides is 1. The van der Waals surface area contributed by atoms with Gasteiger partial charge >= 0.3 is 0 Å². The zero-order valence-corrected chi connectivity index (χ0v) is 9.21. The molecule has 0 bridgehead atoms. The average molecular weight is 235 g/mol. The van der Waals surface area contributed by atoms with Crippen molar-refractivity contribution < 1.29 is 14.3 Å². The zero-order chi connectivity index (χ0) is 11.9. The summed E-state index contributed by atoms with van der Waals surface area (Å²) in [5.74, 6) is -0.0870. The second-order valence-electron chi connectivity index (χ2n) is 4.38. The van der Waals surface area contributed by atoms with Crippen LogP contribution >= 0.6 is 0 Å². The van der Waals surface area contributed by atoms with Crippen LogP contribution in [0.3, 0.4) is 0 Å². The van der Waals surface area contributed by atoms with Gasteiger partial charge in [0.15, 0.2) is 6.29 Å². The van der Waals surface area contributed by atoms with Crippen molar-refractivity contribution in [3.8, 4) is 0 Å². The predicted molar refractivity (Wildman–Crippen MR) is 61.2 cm³/mol. The minimum Gasteiger partial charge on any atom is -0.381 e. The summed E-state index contributed by atoms with van der Waals surface area (Å²) < 4.78 is 5.28. The van der Waals surface area contributed by atoms with E-state index in [0.29, 0.717) is 43.7 Å². The number of nitrogens with one attached hydrogen (secondary N) is 3. The lowest BCUT2D eigenvalue weighted by atomic mass is 9.87. The molecule has 17 heavy (non-hydrogen) atoms. The van der Waals surface area contributed by atoms with E-state index in [1.807, 2.05) is 0 Å². The highest BCUT2D eigenvalue weighted by Crippen LogP contribution is 2.37. The van der Waals surface area contributed by atoms with Crippen molar-refractivity contribution in [2.45, 2.75) is 18.4 Å². The van der Waals surface area contributed by atoms with Gasteiger partial charge in [0.1, 0.15) is 11.2 Å². The second-order valence-corrected chi connectivity index (χ2v) is 4.38. The van der Waals surface area contributed by atoms with Gasteiger partial charge in [-0.2, -0.15) is 0 Å². The molecule has 6 heteroatoms. The molecule has 3 N–H and O–H groups in total. The molecule has 1 aromatic rings. The molecule has 2 aliphatic rings. The first-order valence-corrected chi connectivity index (χ1v) is 5.59. The maximum absolute atomic E-state index is 12.1. The van der Waals surface area contributed by atoms with Gasteiger partial charge in [0.05, 0.1) is 11.4 Å². The molecule has 2 aliphatic heterocycles. The van der Waals surface area contributed by atoms with Crippen LogP contribution in [0, 0.1) is 0 Å². The van der Waals surface area contributed by atoms with Crippen molar-refractivity contribution in [3.05, 3.63) is 11.9 Å². The number of aromatic amines is 1. The molecule has 1 amide bonds. The van der Waals surface area contributed by atoms with Crippen LogP contribution in [0.2, 0.25) is 0 Å². The Balaban J connectivity index is 1.97. The monoisotopic (exact) mass is 235 g/mol. The van der Waals surface area contributed by atoms with E-state index in [9.17, 15) is 9.59 Å². The summed E-state index contributed by atoms with van der Waals surface area (Å²) in [7, 11) is 0. The third-order valence-electron chi connectivity index (χ3n) is 3.42. The molecule has 0 radical (unpaired) electrons. The van der Waals surface area contributed by atoms with Crippen LogP contribution in [-0.2, 0) is 9.53 Å². The summed E-state index contributed by atoms with van der Waals surface area (Å²) in [5, 5.41) is 6.04. The molecule has 6 nitrogen and oxygen atoms in total. The molecule has 1 fully saturated rings. The van der Waals surface area contributed by atoms with Gasteiger partial charge in [-0.05, 0) is 0 Å². The molecule has 3 rings (SSSR count). The van der Waals surface area contributed by atoms with Crippen LogP contribution in [0.1, 0.15) is 23.3 Å². The molecule has 3 heterocycles. The lowest BCUT2D eigenvalue weighted by Crippen LogP contribution is -2.55. The summed E-state index contributed by atoms with van der Waals surface area (Å²) in [6.07, 6.45) is 3.68. The molecule has 0 saturated carbocycles. The minimum absolute atomic E-state index is 0.0870. The van der Waals surface area contributed by atoms with Crippen LogP contribution in [0.25, 0.3) is 0 Å². The molecule has 0 unspecified atom stereocenters. The number of aromatic nitrogens is 1. The molecular weight excluding hydrogens is 222 g/mol. The van der Waals surface area contributed by atoms with Gasteiger partial charge in [0.2, 0.25) is 5.91 Å². The highest BCUT2D eigenvalue weighted by Gasteiger charge is 2.44. The summed E-state index contributed by atoms with van der Waals surface area (Å²) >= 11 is 0. The molecule has 1 aromatic heterocycles. The third-order valence-corrected chi connectivity index (χ3v) is 3.42. The average Bonchev–Trinajstić information content (AvgIpc) is 2.73.